The van der Waals surface area contributed by atoms with Gasteiger partial charge in [0.1, 0.15) is 11.6 Å². The van der Waals surface area contributed by atoms with Crippen molar-refractivity contribution in [1.82, 2.24) is 25.1 Å². The lowest BCUT2D eigenvalue weighted by molar-refractivity contribution is 0.558. The van der Waals surface area contributed by atoms with Gasteiger partial charge in [0.25, 0.3) is 0 Å². The lowest BCUT2D eigenvalue weighted by Gasteiger charge is -2.19. The summed E-state index contributed by atoms with van der Waals surface area (Å²) < 4.78 is 2.33. The molecule has 134 valence electrons. The van der Waals surface area contributed by atoms with Crippen LogP contribution in [0.1, 0.15) is 48.2 Å². The van der Waals surface area contributed by atoms with E-state index in [9.17, 15) is 0 Å². The van der Waals surface area contributed by atoms with Crippen molar-refractivity contribution in [1.29, 1.82) is 0 Å². The summed E-state index contributed by atoms with van der Waals surface area (Å²) in [5.41, 5.74) is 2.27. The Bertz CT molecular complexity index is 773. The number of aryl methyl sites for hydroxylation is 1. The van der Waals surface area contributed by atoms with Gasteiger partial charge in [-0.05, 0) is 30.5 Å². The Balaban J connectivity index is 1.47. The second-order valence-corrected chi connectivity index (χ2v) is 6.80. The summed E-state index contributed by atoms with van der Waals surface area (Å²) in [5.74, 6) is 2.25. The number of aromatic nitrogens is 4. The van der Waals surface area contributed by atoms with Gasteiger partial charge in [-0.15, -0.1) is 10.2 Å². The highest BCUT2D eigenvalue weighted by atomic mass is 15.3. The van der Waals surface area contributed by atoms with Crippen molar-refractivity contribution >= 4 is 0 Å². The average Bonchev–Trinajstić information content (AvgIpc) is 2.93. The van der Waals surface area contributed by atoms with Gasteiger partial charge in [-0.3, -0.25) is 4.98 Å². The van der Waals surface area contributed by atoms with Crippen molar-refractivity contribution in [3.8, 4) is 0 Å². The molecule has 5 heteroatoms. The summed E-state index contributed by atoms with van der Waals surface area (Å²) in [6.07, 6.45) is 7.53. The molecule has 0 amide bonds. The standard InChI is InChI=1S/C21H25N5/c1-3-9-17(10-4-1)21(18-11-6-7-14-22-18)23-15-13-20-25-24-19-12-5-2-8-16-26(19)20/h1,3-4,6-7,9-11,14,21,23H,2,5,8,12-13,15-16H2/t21-/m0/s1. The number of fused-ring (bicyclic) bond motifs is 1. The van der Waals surface area contributed by atoms with E-state index in [0.717, 1.165) is 43.3 Å². The van der Waals surface area contributed by atoms with Crippen LogP contribution in [0.5, 0.6) is 0 Å². The minimum absolute atomic E-state index is 0.0870. The number of hydrogen-bond acceptors (Lipinski definition) is 4. The van der Waals surface area contributed by atoms with Gasteiger partial charge in [0.05, 0.1) is 11.7 Å². The van der Waals surface area contributed by atoms with E-state index in [2.05, 4.69) is 55.4 Å². The third kappa shape index (κ3) is 3.83. The number of nitrogens with one attached hydrogen (secondary N) is 1. The maximum absolute atomic E-state index is 4.56. The minimum Gasteiger partial charge on any atom is -0.315 e. The molecule has 1 aromatic carbocycles. The minimum atomic E-state index is 0.0870. The second-order valence-electron chi connectivity index (χ2n) is 6.80. The fourth-order valence-electron chi connectivity index (χ4n) is 3.64. The molecule has 3 heterocycles. The third-order valence-corrected chi connectivity index (χ3v) is 5.00. The summed E-state index contributed by atoms with van der Waals surface area (Å²) >= 11 is 0. The van der Waals surface area contributed by atoms with Crippen LogP contribution in [0.15, 0.2) is 54.7 Å². The Kier molecular flexibility index (Phi) is 5.36. The van der Waals surface area contributed by atoms with Gasteiger partial charge in [0.2, 0.25) is 0 Å². The van der Waals surface area contributed by atoms with Gasteiger partial charge in [0, 0.05) is 32.1 Å². The number of hydrogen-bond donors (Lipinski definition) is 1. The molecule has 26 heavy (non-hydrogen) atoms. The van der Waals surface area contributed by atoms with Gasteiger partial charge in [0.15, 0.2) is 0 Å². The molecule has 2 aromatic heterocycles. The molecule has 0 unspecified atom stereocenters. The lowest BCUT2D eigenvalue weighted by atomic mass is 10.0. The highest BCUT2D eigenvalue weighted by Crippen LogP contribution is 2.20. The van der Waals surface area contributed by atoms with Crippen molar-refractivity contribution in [2.75, 3.05) is 6.54 Å². The van der Waals surface area contributed by atoms with Crippen LogP contribution in [0.25, 0.3) is 0 Å². The molecule has 3 aromatic rings. The molecule has 0 aliphatic carbocycles. The van der Waals surface area contributed by atoms with Crippen LogP contribution in [0.3, 0.4) is 0 Å². The average molecular weight is 347 g/mol. The van der Waals surface area contributed by atoms with E-state index < -0.39 is 0 Å². The van der Waals surface area contributed by atoms with E-state index in [1.54, 1.807) is 0 Å². The molecule has 1 aliphatic rings. The second kappa shape index (κ2) is 8.23. The summed E-state index contributed by atoms with van der Waals surface area (Å²) in [6.45, 7) is 1.90. The maximum Gasteiger partial charge on any atom is 0.134 e. The van der Waals surface area contributed by atoms with Crippen LogP contribution in [0.4, 0.5) is 0 Å². The largest absolute Gasteiger partial charge is 0.315 e. The van der Waals surface area contributed by atoms with Crippen LogP contribution < -0.4 is 5.32 Å². The van der Waals surface area contributed by atoms with Gasteiger partial charge in [-0.25, -0.2) is 0 Å². The number of pyridine rings is 1. The lowest BCUT2D eigenvalue weighted by Crippen LogP contribution is -2.26. The first kappa shape index (κ1) is 16.9. The van der Waals surface area contributed by atoms with E-state index in [1.807, 2.05) is 24.4 Å². The van der Waals surface area contributed by atoms with E-state index in [4.69, 9.17) is 0 Å². The number of nitrogens with zero attached hydrogens (tertiary/aromatic N) is 4. The summed E-state index contributed by atoms with van der Waals surface area (Å²) in [5, 5.41) is 12.5. The third-order valence-electron chi connectivity index (χ3n) is 5.00. The van der Waals surface area contributed by atoms with Gasteiger partial charge >= 0.3 is 0 Å². The Labute approximate surface area is 154 Å². The molecule has 0 spiro atoms. The van der Waals surface area contributed by atoms with Gasteiger partial charge in [-0.1, -0.05) is 42.8 Å². The molecule has 0 saturated carbocycles. The van der Waals surface area contributed by atoms with Crippen molar-refractivity contribution < 1.29 is 0 Å². The summed E-state index contributed by atoms with van der Waals surface area (Å²) in [7, 11) is 0. The molecule has 1 N–H and O–H groups in total. The van der Waals surface area contributed by atoms with Gasteiger partial charge < -0.3 is 9.88 Å². The van der Waals surface area contributed by atoms with Crippen LogP contribution in [0, 0.1) is 0 Å². The smallest absolute Gasteiger partial charge is 0.134 e. The van der Waals surface area contributed by atoms with E-state index in [0.29, 0.717) is 0 Å². The molecular formula is C21H25N5. The van der Waals surface area contributed by atoms with Crippen LogP contribution >= 0.6 is 0 Å². The zero-order valence-corrected chi connectivity index (χ0v) is 15.0. The van der Waals surface area contributed by atoms with E-state index >= 15 is 0 Å². The normalized spacial score (nSPS) is 15.2. The Morgan fingerprint density at radius 3 is 2.69 bits per heavy atom. The first-order chi connectivity index (χ1) is 12.9. The van der Waals surface area contributed by atoms with Crippen molar-refractivity contribution in [2.45, 2.75) is 44.7 Å². The Morgan fingerprint density at radius 2 is 1.85 bits per heavy atom. The fourth-order valence-corrected chi connectivity index (χ4v) is 3.64. The molecule has 0 saturated heterocycles. The van der Waals surface area contributed by atoms with Crippen LogP contribution in [0.2, 0.25) is 0 Å². The molecule has 1 aliphatic heterocycles. The maximum atomic E-state index is 4.56. The fraction of sp³-hybridized carbons (Fsp3) is 0.381. The molecule has 4 rings (SSSR count). The zero-order valence-electron chi connectivity index (χ0n) is 15.0. The Morgan fingerprint density at radius 1 is 0.962 bits per heavy atom. The first-order valence-corrected chi connectivity index (χ1v) is 9.52. The SMILES string of the molecule is c1ccc([C@H](NCCc2nnc3n2CCCCC3)c2ccccn2)cc1. The summed E-state index contributed by atoms with van der Waals surface area (Å²) in [4.78, 5) is 4.56. The van der Waals surface area contributed by atoms with Crippen LogP contribution in [-0.2, 0) is 19.4 Å². The van der Waals surface area contributed by atoms with E-state index in [1.165, 1.54) is 24.8 Å². The predicted molar refractivity (Wildman–Crippen MR) is 102 cm³/mol. The van der Waals surface area contributed by atoms with Crippen molar-refractivity contribution in [3.63, 3.8) is 0 Å². The molecule has 0 bridgehead atoms. The molecule has 0 fully saturated rings. The molecular weight excluding hydrogens is 322 g/mol. The van der Waals surface area contributed by atoms with Crippen LogP contribution in [-0.4, -0.2) is 26.3 Å². The zero-order chi connectivity index (χ0) is 17.6. The first-order valence-electron chi connectivity index (χ1n) is 9.52. The molecule has 0 radical (unpaired) electrons. The molecule has 1 atom stereocenters. The van der Waals surface area contributed by atoms with E-state index in [-0.39, 0.29) is 6.04 Å². The monoisotopic (exact) mass is 347 g/mol. The number of rotatable bonds is 6. The van der Waals surface area contributed by atoms with Crippen molar-refractivity contribution in [3.05, 3.63) is 77.6 Å². The highest BCUT2D eigenvalue weighted by molar-refractivity contribution is 5.27. The number of benzene rings is 1. The summed E-state index contributed by atoms with van der Waals surface area (Å²) in [6, 6.07) is 16.7. The topological polar surface area (TPSA) is 55.6 Å². The molecule has 5 nitrogen and oxygen atoms in total. The Hall–Kier alpha value is -2.53. The van der Waals surface area contributed by atoms with Crippen molar-refractivity contribution in [2.24, 2.45) is 0 Å². The highest BCUT2D eigenvalue weighted by Gasteiger charge is 2.17. The quantitative estimate of drug-likeness (QED) is 0.743. The predicted octanol–water partition coefficient (Wildman–Crippen LogP) is 3.32. The van der Waals surface area contributed by atoms with Gasteiger partial charge in [-0.2, -0.15) is 0 Å².